The maximum atomic E-state index is 4.79. The molecule has 1 aromatic carbocycles. The molecule has 1 fully saturated rings. The van der Waals surface area contributed by atoms with Crippen LogP contribution in [0.4, 0.5) is 0 Å². The molecule has 1 saturated carbocycles. The number of para-hydroxylation sites is 1. The Balaban J connectivity index is 1.82. The van der Waals surface area contributed by atoms with E-state index in [1.54, 1.807) is 0 Å². The highest BCUT2D eigenvalue weighted by Crippen LogP contribution is 2.30. The Morgan fingerprint density at radius 3 is 2.81 bits per heavy atom. The number of hydrogen-bond donors (Lipinski definition) is 1. The van der Waals surface area contributed by atoms with Crippen molar-refractivity contribution in [2.24, 2.45) is 13.0 Å². The summed E-state index contributed by atoms with van der Waals surface area (Å²) in [4.78, 5) is 0. The first-order valence-corrected chi connectivity index (χ1v) is 8.43. The van der Waals surface area contributed by atoms with E-state index in [1.807, 2.05) is 4.68 Å². The summed E-state index contributed by atoms with van der Waals surface area (Å²) in [5.74, 6) is 0.831. The topological polar surface area (TPSA) is 29.9 Å². The highest BCUT2D eigenvalue weighted by molar-refractivity contribution is 5.81. The molecule has 3 nitrogen and oxygen atoms in total. The third-order valence-corrected chi connectivity index (χ3v) is 4.87. The summed E-state index contributed by atoms with van der Waals surface area (Å²) in [5, 5.41) is 9.89. The quantitative estimate of drug-likeness (QED) is 0.877. The van der Waals surface area contributed by atoms with Crippen molar-refractivity contribution in [3.05, 3.63) is 30.0 Å². The molecule has 0 bridgehead atoms. The van der Waals surface area contributed by atoms with Crippen LogP contribution in [0.2, 0.25) is 0 Å². The van der Waals surface area contributed by atoms with Crippen LogP contribution in [0.3, 0.4) is 0 Å². The third kappa shape index (κ3) is 3.13. The van der Waals surface area contributed by atoms with Gasteiger partial charge in [0.15, 0.2) is 0 Å². The van der Waals surface area contributed by atoms with Crippen LogP contribution >= 0.6 is 0 Å². The molecular weight excluding hydrogens is 258 g/mol. The Hall–Kier alpha value is -1.35. The number of nitrogens with zero attached hydrogens (tertiary/aromatic N) is 2. The lowest BCUT2D eigenvalue weighted by atomic mass is 9.93. The first-order valence-electron chi connectivity index (χ1n) is 8.43. The molecule has 0 aliphatic heterocycles. The van der Waals surface area contributed by atoms with Gasteiger partial charge in [-0.25, -0.2) is 0 Å². The monoisotopic (exact) mass is 285 g/mol. The maximum absolute atomic E-state index is 4.79. The zero-order valence-corrected chi connectivity index (χ0v) is 13.3. The van der Waals surface area contributed by atoms with Crippen LogP contribution in [0.1, 0.15) is 44.7 Å². The van der Waals surface area contributed by atoms with Gasteiger partial charge in [0.1, 0.15) is 0 Å². The largest absolute Gasteiger partial charge is 0.313 e. The molecular formula is C18H27N3. The smallest absolute Gasteiger partial charge is 0.0718 e. The van der Waals surface area contributed by atoms with Gasteiger partial charge >= 0.3 is 0 Å². The molecule has 1 aliphatic rings. The van der Waals surface area contributed by atoms with Gasteiger partial charge in [0.05, 0.1) is 11.2 Å². The molecule has 1 aromatic heterocycles. The van der Waals surface area contributed by atoms with Crippen molar-refractivity contribution in [2.45, 2.75) is 51.5 Å². The molecule has 1 aliphatic carbocycles. The van der Waals surface area contributed by atoms with E-state index in [9.17, 15) is 0 Å². The van der Waals surface area contributed by atoms with Crippen molar-refractivity contribution in [3.63, 3.8) is 0 Å². The molecule has 0 amide bonds. The van der Waals surface area contributed by atoms with E-state index in [1.165, 1.54) is 48.7 Å². The molecule has 0 radical (unpaired) electrons. The molecule has 2 aromatic rings. The Kier molecular flexibility index (Phi) is 4.59. The minimum absolute atomic E-state index is 0.589. The number of fused-ring (bicyclic) bond motifs is 1. The summed E-state index contributed by atoms with van der Waals surface area (Å²) in [5.41, 5.74) is 2.50. The third-order valence-electron chi connectivity index (χ3n) is 4.87. The Morgan fingerprint density at radius 2 is 2.05 bits per heavy atom. The number of aryl methyl sites for hydroxylation is 1. The molecule has 0 saturated heterocycles. The van der Waals surface area contributed by atoms with E-state index in [0.29, 0.717) is 6.04 Å². The summed E-state index contributed by atoms with van der Waals surface area (Å²) in [6.07, 6.45) is 7.83. The highest BCUT2D eigenvalue weighted by Gasteiger charge is 2.26. The summed E-state index contributed by atoms with van der Waals surface area (Å²) in [6.45, 7) is 3.36. The standard InChI is InChI=1S/C18H27N3/c1-3-12-19-16(14-8-4-5-9-14)13-17-15-10-6-7-11-18(15)21(2)20-17/h6-7,10-11,14,16,19H,3-5,8-9,12-13H2,1-2H3. The van der Waals surface area contributed by atoms with E-state index >= 15 is 0 Å². The lowest BCUT2D eigenvalue weighted by Gasteiger charge is -2.24. The summed E-state index contributed by atoms with van der Waals surface area (Å²) in [7, 11) is 2.05. The van der Waals surface area contributed by atoms with Gasteiger partial charge in [0, 0.05) is 24.9 Å². The molecule has 3 heteroatoms. The van der Waals surface area contributed by atoms with Gasteiger partial charge in [-0.3, -0.25) is 4.68 Å². The van der Waals surface area contributed by atoms with Crippen LogP contribution < -0.4 is 5.32 Å². The van der Waals surface area contributed by atoms with Crippen LogP contribution in [0.5, 0.6) is 0 Å². The molecule has 1 unspecified atom stereocenters. The van der Waals surface area contributed by atoms with E-state index in [-0.39, 0.29) is 0 Å². The van der Waals surface area contributed by atoms with Crippen molar-refractivity contribution in [2.75, 3.05) is 6.54 Å². The zero-order chi connectivity index (χ0) is 14.7. The number of aromatic nitrogens is 2. The normalized spacial score (nSPS) is 17.6. The van der Waals surface area contributed by atoms with Crippen molar-refractivity contribution < 1.29 is 0 Å². The molecule has 1 atom stereocenters. The molecule has 3 rings (SSSR count). The average Bonchev–Trinajstić information content (AvgIpc) is 3.13. The minimum Gasteiger partial charge on any atom is -0.313 e. The molecule has 21 heavy (non-hydrogen) atoms. The second-order valence-electron chi connectivity index (χ2n) is 6.40. The van der Waals surface area contributed by atoms with Gasteiger partial charge in [0.25, 0.3) is 0 Å². The number of hydrogen-bond acceptors (Lipinski definition) is 2. The van der Waals surface area contributed by atoms with Gasteiger partial charge in [-0.1, -0.05) is 38.0 Å². The average molecular weight is 285 g/mol. The van der Waals surface area contributed by atoms with Crippen molar-refractivity contribution in [1.82, 2.24) is 15.1 Å². The first-order chi connectivity index (χ1) is 10.3. The van der Waals surface area contributed by atoms with E-state index in [0.717, 1.165) is 18.9 Å². The molecule has 114 valence electrons. The summed E-state index contributed by atoms with van der Waals surface area (Å²) >= 11 is 0. The van der Waals surface area contributed by atoms with Gasteiger partial charge in [-0.2, -0.15) is 5.10 Å². The predicted octanol–water partition coefficient (Wildman–Crippen LogP) is 3.67. The Morgan fingerprint density at radius 1 is 1.29 bits per heavy atom. The maximum Gasteiger partial charge on any atom is 0.0718 e. The Bertz CT molecular complexity index is 581. The second-order valence-corrected chi connectivity index (χ2v) is 6.40. The van der Waals surface area contributed by atoms with Gasteiger partial charge in [-0.05, 0) is 37.8 Å². The van der Waals surface area contributed by atoms with Gasteiger partial charge in [-0.15, -0.1) is 0 Å². The minimum atomic E-state index is 0.589. The van der Waals surface area contributed by atoms with Gasteiger partial charge in [0.2, 0.25) is 0 Å². The van der Waals surface area contributed by atoms with E-state index in [4.69, 9.17) is 5.10 Å². The fourth-order valence-corrected chi connectivity index (χ4v) is 3.74. The van der Waals surface area contributed by atoms with Crippen molar-refractivity contribution in [1.29, 1.82) is 0 Å². The highest BCUT2D eigenvalue weighted by atomic mass is 15.3. The summed E-state index contributed by atoms with van der Waals surface area (Å²) < 4.78 is 2.02. The first kappa shape index (κ1) is 14.6. The molecule has 1 N–H and O–H groups in total. The SMILES string of the molecule is CCCNC(Cc1nn(C)c2ccccc12)C1CCCC1. The van der Waals surface area contributed by atoms with Crippen molar-refractivity contribution in [3.8, 4) is 0 Å². The van der Waals surface area contributed by atoms with Crippen LogP contribution in [-0.4, -0.2) is 22.4 Å². The number of nitrogens with one attached hydrogen (secondary N) is 1. The second kappa shape index (κ2) is 6.61. The van der Waals surface area contributed by atoms with Crippen molar-refractivity contribution >= 4 is 10.9 Å². The molecule has 1 heterocycles. The summed E-state index contributed by atoms with van der Waals surface area (Å²) in [6, 6.07) is 9.18. The Labute approximate surface area is 127 Å². The van der Waals surface area contributed by atoms with Crippen LogP contribution in [0.25, 0.3) is 10.9 Å². The predicted molar refractivity (Wildman–Crippen MR) is 88.5 cm³/mol. The fraction of sp³-hybridized carbons (Fsp3) is 0.611. The number of rotatable bonds is 6. The lowest BCUT2D eigenvalue weighted by molar-refractivity contribution is 0.354. The fourth-order valence-electron chi connectivity index (χ4n) is 3.74. The number of benzene rings is 1. The van der Waals surface area contributed by atoms with Crippen LogP contribution in [0, 0.1) is 5.92 Å². The van der Waals surface area contributed by atoms with E-state index in [2.05, 4.69) is 43.6 Å². The van der Waals surface area contributed by atoms with Gasteiger partial charge < -0.3 is 5.32 Å². The van der Waals surface area contributed by atoms with Crippen LogP contribution in [0.15, 0.2) is 24.3 Å². The lowest BCUT2D eigenvalue weighted by Crippen LogP contribution is -2.37. The van der Waals surface area contributed by atoms with Crippen LogP contribution in [-0.2, 0) is 13.5 Å². The van der Waals surface area contributed by atoms with E-state index < -0.39 is 0 Å². The zero-order valence-electron chi connectivity index (χ0n) is 13.3. The molecule has 0 spiro atoms.